The van der Waals surface area contributed by atoms with Crippen LogP contribution in [0.5, 0.6) is 0 Å². The Bertz CT molecular complexity index is 112. The second kappa shape index (κ2) is 11.1. The van der Waals surface area contributed by atoms with Crippen molar-refractivity contribution >= 4 is 23.2 Å². The number of alkyl halides is 2. The standard InChI is InChI=1S/C10H16Cl2/c11-9-7-5-3-1-2-4-6-8-10-12/h1-4H,5-10H2. The SMILES string of the molecule is ClCCCC=CC=CCCCCl. The van der Waals surface area contributed by atoms with Gasteiger partial charge in [0.1, 0.15) is 0 Å². The van der Waals surface area contributed by atoms with Crippen molar-refractivity contribution in [1.29, 1.82) is 0 Å². The maximum Gasteiger partial charge on any atom is 0.0226 e. The van der Waals surface area contributed by atoms with Gasteiger partial charge in [-0.05, 0) is 25.7 Å². The predicted octanol–water partition coefficient (Wildman–Crippen LogP) is 4.14. The fourth-order valence-electron chi connectivity index (χ4n) is 0.740. The van der Waals surface area contributed by atoms with E-state index in [1.54, 1.807) is 0 Å². The van der Waals surface area contributed by atoms with Crippen molar-refractivity contribution in [2.75, 3.05) is 11.8 Å². The summed E-state index contributed by atoms with van der Waals surface area (Å²) in [6.45, 7) is 0. The highest BCUT2D eigenvalue weighted by molar-refractivity contribution is 6.18. The summed E-state index contributed by atoms with van der Waals surface area (Å²) >= 11 is 11.0. The summed E-state index contributed by atoms with van der Waals surface area (Å²) in [5.41, 5.74) is 0. The van der Waals surface area contributed by atoms with Gasteiger partial charge in [-0.1, -0.05) is 24.3 Å². The van der Waals surface area contributed by atoms with E-state index in [1.807, 2.05) is 0 Å². The lowest BCUT2D eigenvalue weighted by Gasteiger charge is -1.86. The normalized spacial score (nSPS) is 11.8. The molecular formula is C10H16Cl2. The molecule has 0 unspecified atom stereocenters. The Balaban J connectivity index is 3.15. The molecule has 0 amide bonds. The summed E-state index contributed by atoms with van der Waals surface area (Å²) in [7, 11) is 0. The molecule has 0 aromatic heterocycles. The molecule has 0 N–H and O–H groups in total. The average molecular weight is 207 g/mol. The van der Waals surface area contributed by atoms with Gasteiger partial charge in [0.25, 0.3) is 0 Å². The van der Waals surface area contributed by atoms with Crippen molar-refractivity contribution < 1.29 is 0 Å². The molecule has 0 heterocycles. The molecule has 0 aromatic carbocycles. The fourth-order valence-corrected chi connectivity index (χ4v) is 1.05. The Kier molecular flexibility index (Phi) is 11.1. The first-order chi connectivity index (χ1) is 5.91. The van der Waals surface area contributed by atoms with Crippen molar-refractivity contribution in [3.8, 4) is 0 Å². The summed E-state index contributed by atoms with van der Waals surface area (Å²) in [6, 6.07) is 0. The smallest absolute Gasteiger partial charge is 0.0226 e. The van der Waals surface area contributed by atoms with E-state index in [0.717, 1.165) is 37.4 Å². The minimum atomic E-state index is 0.750. The van der Waals surface area contributed by atoms with Crippen molar-refractivity contribution in [1.82, 2.24) is 0 Å². The number of halogens is 2. The molecule has 0 aliphatic heterocycles. The van der Waals surface area contributed by atoms with Crippen LogP contribution >= 0.6 is 23.2 Å². The van der Waals surface area contributed by atoms with Gasteiger partial charge in [0.15, 0.2) is 0 Å². The second-order valence-electron chi connectivity index (χ2n) is 2.52. The summed E-state index contributed by atoms with van der Waals surface area (Å²) < 4.78 is 0. The quantitative estimate of drug-likeness (QED) is 0.334. The van der Waals surface area contributed by atoms with Crippen LogP contribution in [0, 0.1) is 0 Å². The molecule has 0 rings (SSSR count). The summed E-state index contributed by atoms with van der Waals surface area (Å²) in [4.78, 5) is 0. The first-order valence-corrected chi connectivity index (χ1v) is 5.42. The van der Waals surface area contributed by atoms with Gasteiger partial charge in [0.05, 0.1) is 0 Å². The molecule has 0 saturated heterocycles. The van der Waals surface area contributed by atoms with Gasteiger partial charge in [-0.15, -0.1) is 23.2 Å². The van der Waals surface area contributed by atoms with Crippen LogP contribution in [-0.4, -0.2) is 11.8 Å². The summed E-state index contributed by atoms with van der Waals surface area (Å²) in [6.07, 6.45) is 12.7. The molecule has 0 radical (unpaired) electrons. The van der Waals surface area contributed by atoms with Gasteiger partial charge in [0, 0.05) is 11.8 Å². The third-order valence-electron chi connectivity index (χ3n) is 1.39. The molecule has 0 nitrogen and oxygen atoms in total. The van der Waals surface area contributed by atoms with E-state index in [2.05, 4.69) is 24.3 Å². The first kappa shape index (κ1) is 12.1. The Morgan fingerprint density at radius 3 is 1.50 bits per heavy atom. The number of allylic oxidation sites excluding steroid dienone is 4. The minimum Gasteiger partial charge on any atom is -0.127 e. The Morgan fingerprint density at radius 2 is 1.17 bits per heavy atom. The van der Waals surface area contributed by atoms with Crippen LogP contribution in [0.3, 0.4) is 0 Å². The van der Waals surface area contributed by atoms with E-state index in [9.17, 15) is 0 Å². The highest BCUT2D eigenvalue weighted by atomic mass is 35.5. The van der Waals surface area contributed by atoms with Gasteiger partial charge in [0.2, 0.25) is 0 Å². The molecule has 2 heteroatoms. The zero-order valence-electron chi connectivity index (χ0n) is 7.31. The maximum atomic E-state index is 5.52. The van der Waals surface area contributed by atoms with Gasteiger partial charge in [-0.2, -0.15) is 0 Å². The van der Waals surface area contributed by atoms with Crippen LogP contribution in [0.1, 0.15) is 25.7 Å². The highest BCUT2D eigenvalue weighted by Crippen LogP contribution is 1.96. The first-order valence-electron chi connectivity index (χ1n) is 4.35. The van der Waals surface area contributed by atoms with Gasteiger partial charge < -0.3 is 0 Å². The average Bonchev–Trinajstić information content (AvgIpc) is 2.10. The van der Waals surface area contributed by atoms with E-state index in [1.165, 1.54) is 0 Å². The second-order valence-corrected chi connectivity index (χ2v) is 3.27. The Labute approximate surface area is 85.3 Å². The molecule has 0 spiro atoms. The number of hydrogen-bond acceptors (Lipinski definition) is 0. The summed E-state index contributed by atoms with van der Waals surface area (Å²) in [5, 5.41) is 0. The van der Waals surface area contributed by atoms with Gasteiger partial charge >= 0.3 is 0 Å². The van der Waals surface area contributed by atoms with Gasteiger partial charge in [-0.3, -0.25) is 0 Å². The molecule has 0 aliphatic rings. The fraction of sp³-hybridized carbons (Fsp3) is 0.600. The van der Waals surface area contributed by atoms with Crippen LogP contribution in [-0.2, 0) is 0 Å². The molecule has 0 fully saturated rings. The van der Waals surface area contributed by atoms with Crippen molar-refractivity contribution in [3.05, 3.63) is 24.3 Å². The topological polar surface area (TPSA) is 0 Å². The van der Waals surface area contributed by atoms with Crippen molar-refractivity contribution in [2.24, 2.45) is 0 Å². The largest absolute Gasteiger partial charge is 0.127 e. The van der Waals surface area contributed by atoms with E-state index in [0.29, 0.717) is 0 Å². The highest BCUT2D eigenvalue weighted by Gasteiger charge is 1.78. The maximum absolute atomic E-state index is 5.52. The van der Waals surface area contributed by atoms with Crippen LogP contribution in [0.4, 0.5) is 0 Å². The van der Waals surface area contributed by atoms with Crippen molar-refractivity contribution in [3.63, 3.8) is 0 Å². The lowest BCUT2D eigenvalue weighted by atomic mass is 10.3. The Morgan fingerprint density at radius 1 is 0.750 bits per heavy atom. The van der Waals surface area contributed by atoms with E-state index in [4.69, 9.17) is 23.2 Å². The molecule has 12 heavy (non-hydrogen) atoms. The third kappa shape index (κ3) is 10.1. The van der Waals surface area contributed by atoms with Crippen LogP contribution < -0.4 is 0 Å². The number of hydrogen-bond donors (Lipinski definition) is 0. The monoisotopic (exact) mass is 206 g/mol. The van der Waals surface area contributed by atoms with Crippen molar-refractivity contribution in [2.45, 2.75) is 25.7 Å². The van der Waals surface area contributed by atoms with E-state index >= 15 is 0 Å². The zero-order valence-corrected chi connectivity index (χ0v) is 8.82. The lowest BCUT2D eigenvalue weighted by Crippen LogP contribution is -1.71. The molecule has 0 aliphatic carbocycles. The zero-order chi connectivity index (χ0) is 9.07. The van der Waals surface area contributed by atoms with E-state index < -0.39 is 0 Å². The van der Waals surface area contributed by atoms with Gasteiger partial charge in [-0.25, -0.2) is 0 Å². The van der Waals surface area contributed by atoms with Crippen LogP contribution in [0.25, 0.3) is 0 Å². The lowest BCUT2D eigenvalue weighted by molar-refractivity contribution is 0.961. The molecule has 0 aromatic rings. The number of rotatable bonds is 7. The Hall–Kier alpha value is 0.0600. The predicted molar refractivity (Wildman–Crippen MR) is 58.2 cm³/mol. The van der Waals surface area contributed by atoms with Crippen LogP contribution in [0.15, 0.2) is 24.3 Å². The minimum absolute atomic E-state index is 0.750. The third-order valence-corrected chi connectivity index (χ3v) is 1.93. The molecule has 0 bridgehead atoms. The molecular weight excluding hydrogens is 191 g/mol. The molecule has 70 valence electrons. The number of unbranched alkanes of at least 4 members (excludes halogenated alkanes) is 2. The molecule has 0 atom stereocenters. The van der Waals surface area contributed by atoms with Crippen LogP contribution in [0.2, 0.25) is 0 Å². The summed E-state index contributed by atoms with van der Waals surface area (Å²) in [5.74, 6) is 1.50. The molecule has 0 saturated carbocycles. The van der Waals surface area contributed by atoms with E-state index in [-0.39, 0.29) is 0 Å².